The lowest BCUT2D eigenvalue weighted by molar-refractivity contribution is -0.384. The van der Waals surface area contributed by atoms with Gasteiger partial charge in [0.05, 0.1) is 11.5 Å². The van der Waals surface area contributed by atoms with Crippen molar-refractivity contribution in [2.24, 2.45) is 0 Å². The van der Waals surface area contributed by atoms with E-state index in [4.69, 9.17) is 14.6 Å². The number of hydrogen-bond acceptors (Lipinski definition) is 8. The Morgan fingerprint density at radius 1 is 1.08 bits per heavy atom. The van der Waals surface area contributed by atoms with Crippen molar-refractivity contribution in [3.8, 4) is 0 Å². The monoisotopic (exact) mass is 357 g/mol. The first-order valence-electron chi connectivity index (χ1n) is 8.09. The number of hydrogen-bond donors (Lipinski definition) is 4. The summed E-state index contributed by atoms with van der Waals surface area (Å²) < 4.78 is 10.6. The van der Waals surface area contributed by atoms with Crippen LogP contribution in [-0.4, -0.2) is 69.3 Å². The molecule has 5 unspecified atom stereocenters. The molecule has 5 atom stereocenters. The van der Waals surface area contributed by atoms with Gasteiger partial charge in [-0.2, -0.15) is 0 Å². The van der Waals surface area contributed by atoms with Crippen LogP contribution >= 0.6 is 0 Å². The Morgan fingerprint density at radius 3 is 2.36 bits per heavy atom. The fourth-order valence-electron chi connectivity index (χ4n) is 2.62. The largest absolute Gasteiger partial charge is 0.394 e. The SMILES string of the molecule is O=[N+]([O-])c1ccc(CCCCOC2OC(CO)C(O)C(O)C2O)cc1. The number of aliphatic hydroxyl groups excluding tert-OH is 4. The summed E-state index contributed by atoms with van der Waals surface area (Å²) in [5, 5.41) is 48.8. The van der Waals surface area contributed by atoms with Gasteiger partial charge in [-0.05, 0) is 24.8 Å². The van der Waals surface area contributed by atoms with Crippen LogP contribution in [0.3, 0.4) is 0 Å². The molecule has 0 aromatic heterocycles. The van der Waals surface area contributed by atoms with Crippen LogP contribution in [0.25, 0.3) is 0 Å². The molecule has 1 aliphatic heterocycles. The van der Waals surface area contributed by atoms with Crippen LogP contribution in [0.4, 0.5) is 5.69 Å². The van der Waals surface area contributed by atoms with Crippen molar-refractivity contribution in [2.45, 2.75) is 50.0 Å². The van der Waals surface area contributed by atoms with Crippen molar-refractivity contribution < 1.29 is 34.8 Å². The van der Waals surface area contributed by atoms with Gasteiger partial charge in [0.25, 0.3) is 5.69 Å². The summed E-state index contributed by atoms with van der Waals surface area (Å²) in [7, 11) is 0. The van der Waals surface area contributed by atoms with Crippen LogP contribution in [0.15, 0.2) is 24.3 Å². The number of aryl methyl sites for hydroxylation is 1. The molecule has 1 aromatic carbocycles. The molecule has 9 nitrogen and oxygen atoms in total. The fraction of sp³-hybridized carbons (Fsp3) is 0.625. The summed E-state index contributed by atoms with van der Waals surface area (Å²) >= 11 is 0. The van der Waals surface area contributed by atoms with E-state index in [2.05, 4.69) is 0 Å². The van der Waals surface area contributed by atoms with Gasteiger partial charge in [0.2, 0.25) is 0 Å². The molecule has 1 aromatic rings. The standard InChI is InChI=1S/C16H23NO8/c18-9-12-13(19)14(20)15(21)16(25-12)24-8-2-1-3-10-4-6-11(7-5-10)17(22)23/h4-7,12-16,18-21H,1-3,8-9H2. The summed E-state index contributed by atoms with van der Waals surface area (Å²) in [6.45, 7) is -0.235. The van der Waals surface area contributed by atoms with Crippen LogP contribution in [0, 0.1) is 10.1 Å². The zero-order valence-electron chi connectivity index (χ0n) is 13.6. The van der Waals surface area contributed by atoms with Gasteiger partial charge in [-0.15, -0.1) is 0 Å². The maximum atomic E-state index is 10.6. The van der Waals surface area contributed by atoms with E-state index in [0.717, 1.165) is 18.4 Å². The number of benzene rings is 1. The van der Waals surface area contributed by atoms with Gasteiger partial charge >= 0.3 is 0 Å². The highest BCUT2D eigenvalue weighted by atomic mass is 16.7. The average Bonchev–Trinajstić information content (AvgIpc) is 2.61. The van der Waals surface area contributed by atoms with Gasteiger partial charge in [-0.3, -0.25) is 10.1 Å². The fourth-order valence-corrected chi connectivity index (χ4v) is 2.62. The Kier molecular flexibility index (Phi) is 7.24. The lowest BCUT2D eigenvalue weighted by atomic mass is 9.99. The van der Waals surface area contributed by atoms with E-state index in [-0.39, 0.29) is 12.3 Å². The number of aliphatic hydroxyl groups is 4. The smallest absolute Gasteiger partial charge is 0.269 e. The molecule has 4 N–H and O–H groups in total. The zero-order chi connectivity index (χ0) is 18.4. The third kappa shape index (κ3) is 5.18. The Hall–Kier alpha value is -1.62. The molecule has 25 heavy (non-hydrogen) atoms. The molecule has 0 saturated carbocycles. The van der Waals surface area contributed by atoms with Gasteiger partial charge in [-0.25, -0.2) is 0 Å². The van der Waals surface area contributed by atoms with Crippen molar-refractivity contribution in [2.75, 3.05) is 13.2 Å². The summed E-state index contributed by atoms with van der Waals surface area (Å²) in [4.78, 5) is 10.1. The molecular formula is C16H23NO8. The second-order valence-corrected chi connectivity index (χ2v) is 5.95. The number of ether oxygens (including phenoxy) is 2. The number of unbranched alkanes of at least 4 members (excludes halogenated alkanes) is 1. The topological polar surface area (TPSA) is 143 Å². The third-order valence-corrected chi connectivity index (χ3v) is 4.14. The molecule has 9 heteroatoms. The molecule has 1 fully saturated rings. The van der Waals surface area contributed by atoms with E-state index in [1.165, 1.54) is 12.1 Å². The number of rotatable bonds is 8. The van der Waals surface area contributed by atoms with Crippen molar-refractivity contribution in [1.82, 2.24) is 0 Å². The Morgan fingerprint density at radius 2 is 1.76 bits per heavy atom. The van der Waals surface area contributed by atoms with Gasteiger partial charge in [-0.1, -0.05) is 12.1 Å². The van der Waals surface area contributed by atoms with Gasteiger partial charge in [0, 0.05) is 18.7 Å². The quantitative estimate of drug-likeness (QED) is 0.283. The minimum Gasteiger partial charge on any atom is -0.394 e. The highest BCUT2D eigenvalue weighted by Gasteiger charge is 2.43. The third-order valence-electron chi connectivity index (χ3n) is 4.14. The lowest BCUT2D eigenvalue weighted by Gasteiger charge is -2.39. The van der Waals surface area contributed by atoms with Crippen LogP contribution in [0.5, 0.6) is 0 Å². The number of nitro groups is 1. The van der Waals surface area contributed by atoms with Crippen LogP contribution in [-0.2, 0) is 15.9 Å². The van der Waals surface area contributed by atoms with Crippen molar-refractivity contribution in [1.29, 1.82) is 0 Å². The molecule has 0 amide bonds. The first kappa shape index (κ1) is 19.7. The Labute approximate surface area is 144 Å². The second-order valence-electron chi connectivity index (χ2n) is 5.95. The molecule has 1 heterocycles. The number of nitro benzene ring substituents is 1. The normalized spacial score (nSPS) is 29.5. The maximum absolute atomic E-state index is 10.6. The van der Waals surface area contributed by atoms with Gasteiger partial charge in [0.15, 0.2) is 6.29 Å². The molecule has 140 valence electrons. The minimum absolute atomic E-state index is 0.0506. The summed E-state index contributed by atoms with van der Waals surface area (Å²) in [6, 6.07) is 6.33. The summed E-state index contributed by atoms with van der Waals surface area (Å²) in [5.41, 5.74) is 1.02. The molecule has 2 rings (SSSR count). The van der Waals surface area contributed by atoms with Crippen LogP contribution < -0.4 is 0 Å². The summed E-state index contributed by atoms with van der Waals surface area (Å²) in [5.74, 6) is 0. The number of non-ortho nitro benzene ring substituents is 1. The highest BCUT2D eigenvalue weighted by Crippen LogP contribution is 2.22. The first-order valence-corrected chi connectivity index (χ1v) is 8.09. The van der Waals surface area contributed by atoms with E-state index in [9.17, 15) is 25.4 Å². The molecule has 0 spiro atoms. The van der Waals surface area contributed by atoms with Gasteiger partial charge < -0.3 is 29.9 Å². The molecule has 1 aliphatic rings. The van der Waals surface area contributed by atoms with Crippen molar-refractivity contribution in [3.63, 3.8) is 0 Å². The van der Waals surface area contributed by atoms with E-state index >= 15 is 0 Å². The predicted molar refractivity (Wildman–Crippen MR) is 85.8 cm³/mol. The minimum atomic E-state index is -1.45. The van der Waals surface area contributed by atoms with Gasteiger partial charge in [0.1, 0.15) is 24.4 Å². The maximum Gasteiger partial charge on any atom is 0.269 e. The average molecular weight is 357 g/mol. The second kappa shape index (κ2) is 9.18. The van der Waals surface area contributed by atoms with E-state index in [1.807, 2.05) is 0 Å². The lowest BCUT2D eigenvalue weighted by Crippen LogP contribution is -2.59. The first-order chi connectivity index (χ1) is 11.9. The highest BCUT2D eigenvalue weighted by molar-refractivity contribution is 5.32. The number of nitrogens with zero attached hydrogens (tertiary/aromatic N) is 1. The zero-order valence-corrected chi connectivity index (χ0v) is 13.6. The van der Waals surface area contributed by atoms with Crippen LogP contribution in [0.2, 0.25) is 0 Å². The predicted octanol–water partition coefficient (Wildman–Crippen LogP) is -0.266. The molecule has 0 aliphatic carbocycles. The summed E-state index contributed by atoms with van der Waals surface area (Å²) in [6.07, 6.45) is -4.22. The Balaban J connectivity index is 1.71. The molecule has 0 bridgehead atoms. The van der Waals surface area contributed by atoms with E-state index in [0.29, 0.717) is 6.42 Å². The van der Waals surface area contributed by atoms with Crippen molar-refractivity contribution >= 4 is 5.69 Å². The molecular weight excluding hydrogens is 334 g/mol. The molecule has 1 saturated heterocycles. The van der Waals surface area contributed by atoms with Crippen LogP contribution in [0.1, 0.15) is 18.4 Å². The van der Waals surface area contributed by atoms with E-state index in [1.54, 1.807) is 12.1 Å². The Bertz CT molecular complexity index is 550. The molecule has 0 radical (unpaired) electrons. The van der Waals surface area contributed by atoms with Crippen molar-refractivity contribution in [3.05, 3.63) is 39.9 Å². The van der Waals surface area contributed by atoms with E-state index < -0.39 is 42.2 Å².